The molecule has 12 heteroatoms. The monoisotopic (exact) mass is 486 g/mol. The Kier molecular flexibility index (Phi) is 8.08. The van der Waals surface area contributed by atoms with E-state index in [2.05, 4.69) is 16.1 Å². The number of imide groups is 1. The lowest BCUT2D eigenvalue weighted by atomic mass is 10.00. The highest BCUT2D eigenvalue weighted by Crippen LogP contribution is 2.21. The van der Waals surface area contributed by atoms with Gasteiger partial charge in [0.25, 0.3) is 17.7 Å². The SMILES string of the molecule is CCC1(C)NC(=O)N(NC(=O)COC(=O)[C@@H](NC(=O)c2ccc(Cl)cc2Cl)C(C)C)C1=O. The van der Waals surface area contributed by atoms with E-state index >= 15 is 0 Å². The van der Waals surface area contributed by atoms with Crippen molar-refractivity contribution in [3.05, 3.63) is 33.8 Å². The molecular weight excluding hydrogens is 463 g/mol. The second kappa shape index (κ2) is 10.2. The second-order valence-electron chi connectivity index (χ2n) is 7.72. The van der Waals surface area contributed by atoms with Gasteiger partial charge in [-0.15, -0.1) is 0 Å². The van der Waals surface area contributed by atoms with Gasteiger partial charge in [-0.2, -0.15) is 5.01 Å². The van der Waals surface area contributed by atoms with E-state index in [0.29, 0.717) is 16.5 Å². The summed E-state index contributed by atoms with van der Waals surface area (Å²) in [7, 11) is 0. The Morgan fingerprint density at radius 2 is 1.88 bits per heavy atom. The van der Waals surface area contributed by atoms with Crippen LogP contribution in [-0.4, -0.2) is 52.9 Å². The van der Waals surface area contributed by atoms with Crippen molar-refractivity contribution in [1.29, 1.82) is 0 Å². The normalized spacial score (nSPS) is 18.9. The molecule has 1 aromatic carbocycles. The maximum atomic E-state index is 12.5. The molecule has 3 N–H and O–H groups in total. The first-order valence-electron chi connectivity index (χ1n) is 9.78. The lowest BCUT2D eigenvalue weighted by Crippen LogP contribution is -2.50. The first-order valence-corrected chi connectivity index (χ1v) is 10.5. The Hall–Kier alpha value is -2.85. The molecule has 2 atom stereocenters. The zero-order valence-electron chi connectivity index (χ0n) is 18.0. The van der Waals surface area contributed by atoms with Crippen LogP contribution in [-0.2, 0) is 19.1 Å². The second-order valence-corrected chi connectivity index (χ2v) is 8.56. The molecule has 5 amide bonds. The van der Waals surface area contributed by atoms with Gasteiger partial charge < -0.3 is 15.4 Å². The van der Waals surface area contributed by atoms with Crippen LogP contribution in [0.4, 0.5) is 4.79 Å². The van der Waals surface area contributed by atoms with E-state index in [4.69, 9.17) is 27.9 Å². The predicted octanol–water partition coefficient (Wildman–Crippen LogP) is 2.04. The molecule has 1 unspecified atom stereocenters. The summed E-state index contributed by atoms with van der Waals surface area (Å²) >= 11 is 11.8. The first kappa shape index (κ1) is 25.4. The first-order chi connectivity index (χ1) is 14.9. The van der Waals surface area contributed by atoms with Crippen LogP contribution >= 0.6 is 23.2 Å². The third-order valence-corrected chi connectivity index (χ3v) is 5.48. The molecule has 10 nitrogen and oxygen atoms in total. The average Bonchev–Trinajstić information content (AvgIpc) is 2.93. The summed E-state index contributed by atoms with van der Waals surface area (Å²) < 4.78 is 4.98. The largest absolute Gasteiger partial charge is 0.454 e. The number of benzene rings is 1. The maximum absolute atomic E-state index is 12.5. The molecule has 0 radical (unpaired) electrons. The van der Waals surface area contributed by atoms with Crippen LogP contribution in [0.25, 0.3) is 0 Å². The number of nitrogens with zero attached hydrogens (tertiary/aromatic N) is 1. The number of nitrogens with one attached hydrogen (secondary N) is 3. The Morgan fingerprint density at radius 3 is 2.41 bits per heavy atom. The summed E-state index contributed by atoms with van der Waals surface area (Å²) in [5.74, 6) is -3.39. The van der Waals surface area contributed by atoms with Crippen LogP contribution in [0.15, 0.2) is 18.2 Å². The minimum atomic E-state index is -1.13. The fourth-order valence-electron chi connectivity index (χ4n) is 2.80. The summed E-state index contributed by atoms with van der Waals surface area (Å²) in [5, 5.41) is 6.00. The standard InChI is InChI=1S/C20H24Cl2N4O6/c1-5-20(4)18(30)26(19(31)24-20)25-14(27)9-32-17(29)15(10(2)3)23-16(28)12-7-6-11(21)8-13(12)22/h6-8,10,15H,5,9H2,1-4H3,(H,23,28)(H,24,31)(H,25,27)/t15-,20?/m0/s1. The summed E-state index contributed by atoms with van der Waals surface area (Å²) in [4.78, 5) is 61.4. The number of hydrogen-bond donors (Lipinski definition) is 3. The van der Waals surface area contributed by atoms with Crippen molar-refractivity contribution in [3.63, 3.8) is 0 Å². The van der Waals surface area contributed by atoms with E-state index in [1.165, 1.54) is 25.1 Å². The van der Waals surface area contributed by atoms with E-state index in [-0.39, 0.29) is 16.5 Å². The Bertz CT molecular complexity index is 954. The molecule has 0 saturated carbocycles. The van der Waals surface area contributed by atoms with Gasteiger partial charge in [0, 0.05) is 5.02 Å². The Morgan fingerprint density at radius 1 is 1.22 bits per heavy atom. The number of hydrogen-bond acceptors (Lipinski definition) is 6. The number of ether oxygens (including phenoxy) is 1. The van der Waals surface area contributed by atoms with E-state index in [1.54, 1.807) is 20.8 Å². The maximum Gasteiger partial charge on any atom is 0.344 e. The van der Waals surface area contributed by atoms with E-state index in [9.17, 15) is 24.0 Å². The van der Waals surface area contributed by atoms with Gasteiger partial charge in [0.2, 0.25) is 0 Å². The molecule has 1 aliphatic heterocycles. The summed E-state index contributed by atoms with van der Waals surface area (Å²) in [6.07, 6.45) is 0.326. The van der Waals surface area contributed by atoms with Crippen LogP contribution < -0.4 is 16.1 Å². The van der Waals surface area contributed by atoms with Crippen molar-refractivity contribution in [2.45, 2.75) is 45.7 Å². The van der Waals surface area contributed by atoms with Gasteiger partial charge >= 0.3 is 12.0 Å². The molecule has 174 valence electrons. The van der Waals surface area contributed by atoms with Crippen LogP contribution in [0.2, 0.25) is 10.0 Å². The van der Waals surface area contributed by atoms with E-state index < -0.39 is 47.9 Å². The van der Waals surface area contributed by atoms with E-state index in [0.717, 1.165) is 0 Å². The topological polar surface area (TPSA) is 134 Å². The van der Waals surface area contributed by atoms with Crippen molar-refractivity contribution in [2.24, 2.45) is 5.92 Å². The number of urea groups is 1. The van der Waals surface area contributed by atoms with Gasteiger partial charge in [-0.05, 0) is 37.5 Å². The van der Waals surface area contributed by atoms with Crippen molar-refractivity contribution in [1.82, 2.24) is 21.1 Å². The van der Waals surface area contributed by atoms with Crippen LogP contribution in [0, 0.1) is 5.92 Å². The molecule has 0 bridgehead atoms. The number of halogens is 2. The van der Waals surface area contributed by atoms with Crippen molar-refractivity contribution in [2.75, 3.05) is 6.61 Å². The Labute approximate surface area is 194 Å². The molecule has 1 aromatic rings. The molecule has 32 heavy (non-hydrogen) atoms. The van der Waals surface area contributed by atoms with Crippen molar-refractivity contribution >= 4 is 52.9 Å². The van der Waals surface area contributed by atoms with Gasteiger partial charge in [0.1, 0.15) is 11.6 Å². The summed E-state index contributed by atoms with van der Waals surface area (Å²) in [6.45, 7) is 5.83. The van der Waals surface area contributed by atoms with Gasteiger partial charge in [-0.1, -0.05) is 44.0 Å². The van der Waals surface area contributed by atoms with Gasteiger partial charge in [0.05, 0.1) is 10.6 Å². The lowest BCUT2D eigenvalue weighted by molar-refractivity contribution is -0.153. The molecule has 1 heterocycles. The number of rotatable bonds is 8. The number of carbonyl (C=O) groups excluding carboxylic acids is 5. The number of amides is 5. The fraction of sp³-hybridized carbons (Fsp3) is 0.450. The highest BCUT2D eigenvalue weighted by atomic mass is 35.5. The molecule has 0 spiro atoms. The van der Waals surface area contributed by atoms with Crippen LogP contribution in [0.3, 0.4) is 0 Å². The van der Waals surface area contributed by atoms with Crippen molar-refractivity contribution < 1.29 is 28.7 Å². The Balaban J connectivity index is 1.97. The van der Waals surface area contributed by atoms with Gasteiger partial charge in [-0.25, -0.2) is 9.59 Å². The molecule has 0 aliphatic carbocycles. The number of hydrazine groups is 1. The molecular formula is C20H24Cl2N4O6. The zero-order valence-corrected chi connectivity index (χ0v) is 19.5. The smallest absolute Gasteiger partial charge is 0.344 e. The van der Waals surface area contributed by atoms with Crippen molar-refractivity contribution in [3.8, 4) is 0 Å². The molecule has 0 aromatic heterocycles. The zero-order chi connectivity index (χ0) is 24.2. The fourth-order valence-corrected chi connectivity index (χ4v) is 3.29. The highest BCUT2D eigenvalue weighted by molar-refractivity contribution is 6.36. The minimum Gasteiger partial charge on any atom is -0.454 e. The summed E-state index contributed by atoms with van der Waals surface area (Å²) in [6, 6.07) is 2.42. The molecule has 1 fully saturated rings. The minimum absolute atomic E-state index is 0.109. The van der Waals surface area contributed by atoms with Gasteiger partial charge in [-0.3, -0.25) is 19.8 Å². The summed E-state index contributed by atoms with van der Waals surface area (Å²) in [5.41, 5.74) is 1.10. The molecule has 1 aliphatic rings. The molecule has 1 saturated heterocycles. The number of esters is 1. The van der Waals surface area contributed by atoms with Gasteiger partial charge in [0.15, 0.2) is 6.61 Å². The molecule has 2 rings (SSSR count). The predicted molar refractivity (Wildman–Crippen MR) is 116 cm³/mol. The van der Waals surface area contributed by atoms with E-state index in [1.807, 2.05) is 0 Å². The highest BCUT2D eigenvalue weighted by Gasteiger charge is 2.47. The number of carbonyl (C=O) groups is 5. The third kappa shape index (κ3) is 5.68. The third-order valence-electron chi connectivity index (χ3n) is 4.93. The quantitative estimate of drug-likeness (QED) is 0.380. The lowest BCUT2D eigenvalue weighted by Gasteiger charge is -2.22. The van der Waals surface area contributed by atoms with Crippen LogP contribution in [0.5, 0.6) is 0 Å². The van der Waals surface area contributed by atoms with Crippen LogP contribution in [0.1, 0.15) is 44.5 Å². The average molecular weight is 487 g/mol.